The lowest BCUT2D eigenvalue weighted by Crippen LogP contribution is -2.45. The number of hydrogen-bond acceptors (Lipinski definition) is 4. The topological polar surface area (TPSA) is 56.1 Å². The van der Waals surface area contributed by atoms with Crippen LogP contribution in [0.25, 0.3) is 5.65 Å². The highest BCUT2D eigenvalue weighted by atomic mass is 16.2. The summed E-state index contributed by atoms with van der Waals surface area (Å²) in [7, 11) is 0. The van der Waals surface area contributed by atoms with Gasteiger partial charge in [0.25, 0.3) is 0 Å². The average molecular weight is 387 g/mol. The number of carbonyl (C=O) groups is 1. The molecule has 0 saturated carbocycles. The van der Waals surface area contributed by atoms with Gasteiger partial charge in [-0.05, 0) is 32.1 Å². The number of aromatic nitrogens is 2. The lowest BCUT2D eigenvalue weighted by Gasteiger charge is -2.25. The van der Waals surface area contributed by atoms with Gasteiger partial charge in [0.05, 0.1) is 5.69 Å². The third-order valence-electron chi connectivity index (χ3n) is 5.69. The van der Waals surface area contributed by atoms with Gasteiger partial charge < -0.3 is 24.4 Å². The predicted molar refractivity (Wildman–Crippen MR) is 113 cm³/mol. The van der Waals surface area contributed by atoms with E-state index in [1.165, 1.54) is 0 Å². The summed E-state index contributed by atoms with van der Waals surface area (Å²) in [5.41, 5.74) is 3.13. The summed E-state index contributed by atoms with van der Waals surface area (Å²) in [6, 6.07) is 6.14. The Balaban J connectivity index is 1.53. The predicted octanol–water partition coefficient (Wildman–Crippen LogP) is 1.85. The highest BCUT2D eigenvalue weighted by molar-refractivity contribution is 5.74. The van der Waals surface area contributed by atoms with Crippen LogP contribution < -0.4 is 5.32 Å². The molecular formula is C21H34N6O. The van der Waals surface area contributed by atoms with Crippen molar-refractivity contribution in [2.24, 2.45) is 0 Å². The molecule has 0 spiro atoms. The van der Waals surface area contributed by atoms with E-state index < -0.39 is 0 Å². The molecule has 2 amide bonds. The maximum absolute atomic E-state index is 12.7. The normalized spacial score (nSPS) is 17.3. The van der Waals surface area contributed by atoms with Crippen LogP contribution in [0.1, 0.15) is 25.2 Å². The third kappa shape index (κ3) is 5.23. The number of urea groups is 1. The summed E-state index contributed by atoms with van der Waals surface area (Å²) >= 11 is 0. The van der Waals surface area contributed by atoms with E-state index in [9.17, 15) is 4.79 Å². The van der Waals surface area contributed by atoms with Crippen molar-refractivity contribution in [1.82, 2.24) is 29.4 Å². The standard InChI is InChI=1S/C21H34N6O/c1-4-24-11-12-25(5-2)14-16-26(15-13-24)21(28)22-10-9-19-17-27-18(3)7-6-8-20(27)23-19/h6-8,17H,4-5,9-16H2,1-3H3,(H,22,28). The summed E-state index contributed by atoms with van der Waals surface area (Å²) in [5.74, 6) is 0. The summed E-state index contributed by atoms with van der Waals surface area (Å²) in [6.45, 7) is 14.7. The van der Waals surface area contributed by atoms with Crippen LogP contribution in [0.4, 0.5) is 4.79 Å². The van der Waals surface area contributed by atoms with Crippen molar-refractivity contribution in [3.05, 3.63) is 35.8 Å². The minimum atomic E-state index is 0.0361. The molecule has 1 fully saturated rings. The number of aryl methyl sites for hydroxylation is 1. The van der Waals surface area contributed by atoms with Crippen LogP contribution in [0.3, 0.4) is 0 Å². The van der Waals surface area contributed by atoms with E-state index in [0.717, 1.165) is 75.8 Å². The third-order valence-corrected chi connectivity index (χ3v) is 5.69. The van der Waals surface area contributed by atoms with Crippen LogP contribution in [0, 0.1) is 6.92 Å². The molecule has 7 heteroatoms. The highest BCUT2D eigenvalue weighted by Crippen LogP contribution is 2.08. The maximum atomic E-state index is 12.7. The minimum absolute atomic E-state index is 0.0361. The van der Waals surface area contributed by atoms with Crippen LogP contribution in [0.5, 0.6) is 0 Å². The van der Waals surface area contributed by atoms with Crippen molar-refractivity contribution in [2.45, 2.75) is 27.2 Å². The number of hydrogen-bond donors (Lipinski definition) is 1. The molecule has 1 saturated heterocycles. The van der Waals surface area contributed by atoms with Crippen molar-refractivity contribution in [1.29, 1.82) is 0 Å². The Kier molecular flexibility index (Phi) is 7.28. The monoisotopic (exact) mass is 386 g/mol. The molecule has 1 aliphatic rings. The molecule has 154 valence electrons. The molecule has 0 aliphatic carbocycles. The van der Waals surface area contributed by atoms with E-state index in [2.05, 4.69) is 57.5 Å². The van der Waals surface area contributed by atoms with Gasteiger partial charge in [-0.2, -0.15) is 0 Å². The van der Waals surface area contributed by atoms with Gasteiger partial charge in [-0.1, -0.05) is 19.9 Å². The molecule has 0 radical (unpaired) electrons. The van der Waals surface area contributed by atoms with Crippen molar-refractivity contribution in [3.63, 3.8) is 0 Å². The Morgan fingerprint density at radius 3 is 2.29 bits per heavy atom. The quantitative estimate of drug-likeness (QED) is 0.852. The highest BCUT2D eigenvalue weighted by Gasteiger charge is 2.18. The molecule has 3 heterocycles. The van der Waals surface area contributed by atoms with Gasteiger partial charge in [-0.25, -0.2) is 9.78 Å². The fourth-order valence-corrected chi connectivity index (χ4v) is 3.71. The van der Waals surface area contributed by atoms with Gasteiger partial charge >= 0.3 is 6.03 Å². The van der Waals surface area contributed by atoms with Gasteiger partial charge in [0.15, 0.2) is 0 Å². The number of pyridine rings is 1. The van der Waals surface area contributed by atoms with Crippen LogP contribution >= 0.6 is 0 Å². The second kappa shape index (κ2) is 9.89. The molecule has 28 heavy (non-hydrogen) atoms. The molecule has 2 aromatic rings. The Labute approximate surface area is 168 Å². The summed E-state index contributed by atoms with van der Waals surface area (Å²) in [4.78, 5) is 24.2. The Morgan fingerprint density at radius 1 is 1.04 bits per heavy atom. The lowest BCUT2D eigenvalue weighted by molar-refractivity contribution is 0.187. The van der Waals surface area contributed by atoms with Gasteiger partial charge in [-0.15, -0.1) is 0 Å². The first-order valence-corrected chi connectivity index (χ1v) is 10.5. The zero-order chi connectivity index (χ0) is 19.9. The molecule has 3 rings (SSSR count). The van der Waals surface area contributed by atoms with Gasteiger partial charge in [0.1, 0.15) is 5.65 Å². The Hall–Kier alpha value is -2.12. The molecule has 0 bridgehead atoms. The molecule has 7 nitrogen and oxygen atoms in total. The van der Waals surface area contributed by atoms with E-state index >= 15 is 0 Å². The average Bonchev–Trinajstić information content (AvgIpc) is 3.15. The lowest BCUT2D eigenvalue weighted by atomic mass is 10.3. The molecule has 1 aliphatic heterocycles. The largest absolute Gasteiger partial charge is 0.338 e. The molecule has 0 aromatic carbocycles. The number of fused-ring (bicyclic) bond motifs is 1. The second-order valence-electron chi connectivity index (χ2n) is 7.47. The summed E-state index contributed by atoms with van der Waals surface area (Å²) in [5, 5.41) is 3.09. The number of nitrogens with zero attached hydrogens (tertiary/aromatic N) is 5. The first-order chi connectivity index (χ1) is 13.6. The number of imidazole rings is 1. The number of likely N-dealkylation sites (N-methyl/N-ethyl adjacent to an activating group) is 2. The molecule has 0 atom stereocenters. The number of carbonyl (C=O) groups excluding carboxylic acids is 1. The summed E-state index contributed by atoms with van der Waals surface area (Å²) < 4.78 is 2.09. The molecule has 0 unspecified atom stereocenters. The Bertz CT molecular complexity index is 757. The first-order valence-electron chi connectivity index (χ1n) is 10.5. The van der Waals surface area contributed by atoms with Crippen molar-refractivity contribution in [3.8, 4) is 0 Å². The number of nitrogens with one attached hydrogen (secondary N) is 1. The van der Waals surface area contributed by atoms with Gasteiger partial charge in [0.2, 0.25) is 0 Å². The van der Waals surface area contributed by atoms with Crippen LogP contribution in [-0.2, 0) is 6.42 Å². The number of rotatable bonds is 5. The van der Waals surface area contributed by atoms with Crippen molar-refractivity contribution >= 4 is 11.7 Å². The molecular weight excluding hydrogens is 352 g/mol. The zero-order valence-corrected chi connectivity index (χ0v) is 17.5. The molecule has 1 N–H and O–H groups in total. The smallest absolute Gasteiger partial charge is 0.317 e. The van der Waals surface area contributed by atoms with E-state index in [-0.39, 0.29) is 6.03 Å². The second-order valence-corrected chi connectivity index (χ2v) is 7.47. The van der Waals surface area contributed by atoms with Crippen LogP contribution in [-0.4, -0.2) is 89.0 Å². The number of amides is 2. The fraction of sp³-hybridized carbons (Fsp3) is 0.619. The molecule has 2 aromatic heterocycles. The van der Waals surface area contributed by atoms with Crippen molar-refractivity contribution < 1.29 is 4.79 Å². The van der Waals surface area contributed by atoms with Crippen LogP contribution in [0.2, 0.25) is 0 Å². The van der Waals surface area contributed by atoms with Crippen molar-refractivity contribution in [2.75, 3.05) is 58.9 Å². The van der Waals surface area contributed by atoms with E-state index in [0.29, 0.717) is 6.54 Å². The zero-order valence-electron chi connectivity index (χ0n) is 17.5. The SMILES string of the molecule is CCN1CCN(CC)CCN(C(=O)NCCc2cn3c(C)cccc3n2)CC1. The van der Waals surface area contributed by atoms with E-state index in [1.807, 2.05) is 17.0 Å². The summed E-state index contributed by atoms with van der Waals surface area (Å²) in [6.07, 6.45) is 2.80. The minimum Gasteiger partial charge on any atom is -0.338 e. The van der Waals surface area contributed by atoms with Gasteiger partial charge in [-0.3, -0.25) is 0 Å². The van der Waals surface area contributed by atoms with Crippen LogP contribution in [0.15, 0.2) is 24.4 Å². The van der Waals surface area contributed by atoms with E-state index in [4.69, 9.17) is 0 Å². The maximum Gasteiger partial charge on any atom is 0.317 e. The fourth-order valence-electron chi connectivity index (χ4n) is 3.71. The van der Waals surface area contributed by atoms with Gasteiger partial charge in [0, 0.05) is 64.1 Å². The first kappa shape index (κ1) is 20.6. The Morgan fingerprint density at radius 2 is 1.68 bits per heavy atom. The van der Waals surface area contributed by atoms with E-state index in [1.54, 1.807) is 0 Å².